The minimum absolute atomic E-state index is 0.332. The van der Waals surface area contributed by atoms with Gasteiger partial charge in [-0.2, -0.15) is 0 Å². The van der Waals surface area contributed by atoms with Crippen LogP contribution in [-0.4, -0.2) is 26.1 Å². The molecule has 2 rings (SSSR count). The van der Waals surface area contributed by atoms with Gasteiger partial charge in [-0.1, -0.05) is 24.3 Å². The van der Waals surface area contributed by atoms with Crippen LogP contribution in [0.4, 0.5) is 5.69 Å². The molecule has 0 aliphatic rings. The molecule has 0 atom stereocenters. The Hall–Kier alpha value is -2.53. The Balaban J connectivity index is 1.87. The molecular formula is C16H19N3O2. The fourth-order valence-electron chi connectivity index (χ4n) is 1.92. The zero-order chi connectivity index (χ0) is 15.1. The molecule has 0 saturated carbocycles. The van der Waals surface area contributed by atoms with E-state index in [1.165, 1.54) is 0 Å². The molecule has 5 nitrogen and oxygen atoms in total. The van der Waals surface area contributed by atoms with Crippen molar-refractivity contribution in [1.29, 1.82) is 0 Å². The maximum Gasteiger partial charge on any atom is 0.265 e. The summed E-state index contributed by atoms with van der Waals surface area (Å²) in [5.74, 6) is 5.43. The number of carbonyl (C=O) groups excluding carboxylic acids is 1. The molecule has 3 N–H and O–H groups in total. The zero-order valence-corrected chi connectivity index (χ0v) is 12.0. The van der Waals surface area contributed by atoms with Crippen LogP contribution in [0.3, 0.4) is 0 Å². The van der Waals surface area contributed by atoms with Crippen LogP contribution in [0.25, 0.3) is 0 Å². The maximum atomic E-state index is 11.4. The molecule has 0 aromatic heterocycles. The molecule has 0 radical (unpaired) electrons. The summed E-state index contributed by atoms with van der Waals surface area (Å²) in [6.07, 6.45) is 0. The maximum absolute atomic E-state index is 11.4. The molecule has 110 valence electrons. The second-order valence-corrected chi connectivity index (χ2v) is 4.61. The average molecular weight is 285 g/mol. The molecular weight excluding hydrogens is 266 g/mol. The molecule has 5 heteroatoms. The van der Waals surface area contributed by atoms with Gasteiger partial charge in [0.2, 0.25) is 0 Å². The highest BCUT2D eigenvalue weighted by Crippen LogP contribution is 2.14. The minimum Gasteiger partial charge on any atom is -0.492 e. The van der Waals surface area contributed by atoms with Crippen LogP contribution in [0.1, 0.15) is 10.4 Å². The monoisotopic (exact) mass is 285 g/mol. The summed E-state index contributed by atoms with van der Waals surface area (Å²) >= 11 is 0. The molecule has 0 heterocycles. The van der Waals surface area contributed by atoms with E-state index in [2.05, 4.69) is 10.3 Å². The van der Waals surface area contributed by atoms with Crippen molar-refractivity contribution >= 4 is 11.6 Å². The van der Waals surface area contributed by atoms with Crippen molar-refractivity contribution < 1.29 is 9.53 Å². The van der Waals surface area contributed by atoms with Gasteiger partial charge >= 0.3 is 0 Å². The fraction of sp³-hybridized carbons (Fsp3) is 0.188. The van der Waals surface area contributed by atoms with E-state index in [0.29, 0.717) is 17.9 Å². The number of nitrogens with one attached hydrogen (secondary N) is 1. The van der Waals surface area contributed by atoms with Gasteiger partial charge in [0, 0.05) is 18.3 Å². The Morgan fingerprint density at radius 2 is 1.95 bits per heavy atom. The molecule has 2 aromatic rings. The van der Waals surface area contributed by atoms with Gasteiger partial charge in [0.1, 0.15) is 12.4 Å². The van der Waals surface area contributed by atoms with Gasteiger partial charge in [0.15, 0.2) is 0 Å². The van der Waals surface area contributed by atoms with Gasteiger partial charge in [-0.15, -0.1) is 0 Å². The normalized spacial score (nSPS) is 10.0. The van der Waals surface area contributed by atoms with Crippen molar-refractivity contribution in [3.05, 3.63) is 60.2 Å². The van der Waals surface area contributed by atoms with Gasteiger partial charge in [-0.25, -0.2) is 5.84 Å². The number of hydrogen-bond donors (Lipinski definition) is 2. The molecule has 0 aliphatic carbocycles. The number of nitrogens with zero attached hydrogens (tertiary/aromatic N) is 1. The number of nitrogens with two attached hydrogens (primary N) is 1. The lowest BCUT2D eigenvalue weighted by atomic mass is 10.2. The second kappa shape index (κ2) is 7.31. The van der Waals surface area contributed by atoms with Gasteiger partial charge in [-0.3, -0.25) is 10.2 Å². The van der Waals surface area contributed by atoms with E-state index in [1.54, 1.807) is 18.2 Å². The van der Waals surface area contributed by atoms with Crippen molar-refractivity contribution in [1.82, 2.24) is 5.43 Å². The molecule has 0 unspecified atom stereocenters. The Labute approximate surface area is 124 Å². The molecule has 2 aromatic carbocycles. The minimum atomic E-state index is -0.332. The van der Waals surface area contributed by atoms with E-state index in [1.807, 2.05) is 43.4 Å². The first kappa shape index (κ1) is 14.9. The molecule has 21 heavy (non-hydrogen) atoms. The Kier molecular flexibility index (Phi) is 5.17. The number of anilines is 1. The van der Waals surface area contributed by atoms with Crippen LogP contribution >= 0.6 is 0 Å². The Morgan fingerprint density at radius 3 is 2.67 bits per heavy atom. The molecule has 1 amide bonds. The third kappa shape index (κ3) is 4.22. The molecule has 0 aliphatic heterocycles. The molecule has 0 fully saturated rings. The van der Waals surface area contributed by atoms with Crippen LogP contribution in [0, 0.1) is 0 Å². The standard InChI is InChI=1S/C16H19N3O2/c1-19(14-7-3-2-4-8-14)10-11-21-15-9-5-6-13(12-15)16(20)18-17/h2-9,12H,10-11,17H2,1H3,(H,18,20). The number of para-hydroxylation sites is 1. The lowest BCUT2D eigenvalue weighted by Gasteiger charge is -2.19. The first-order chi connectivity index (χ1) is 10.2. The van der Waals surface area contributed by atoms with Gasteiger partial charge in [0.25, 0.3) is 5.91 Å². The zero-order valence-electron chi connectivity index (χ0n) is 12.0. The van der Waals surface area contributed by atoms with Crippen molar-refractivity contribution in [3.63, 3.8) is 0 Å². The predicted octanol–water partition coefficient (Wildman–Crippen LogP) is 1.81. The lowest BCUT2D eigenvalue weighted by molar-refractivity contribution is 0.0953. The average Bonchev–Trinajstić information content (AvgIpc) is 2.55. The molecule has 0 bridgehead atoms. The van der Waals surface area contributed by atoms with Crippen LogP contribution in [-0.2, 0) is 0 Å². The van der Waals surface area contributed by atoms with Crippen molar-refractivity contribution in [3.8, 4) is 5.75 Å². The highest BCUT2D eigenvalue weighted by Gasteiger charge is 2.05. The fourth-order valence-corrected chi connectivity index (χ4v) is 1.92. The number of ether oxygens (including phenoxy) is 1. The third-order valence-electron chi connectivity index (χ3n) is 3.12. The summed E-state index contributed by atoms with van der Waals surface area (Å²) in [7, 11) is 2.01. The van der Waals surface area contributed by atoms with Gasteiger partial charge < -0.3 is 9.64 Å². The van der Waals surface area contributed by atoms with E-state index in [-0.39, 0.29) is 5.91 Å². The smallest absolute Gasteiger partial charge is 0.265 e. The largest absolute Gasteiger partial charge is 0.492 e. The second-order valence-electron chi connectivity index (χ2n) is 4.61. The van der Waals surface area contributed by atoms with E-state index in [4.69, 9.17) is 10.6 Å². The highest BCUT2D eigenvalue weighted by molar-refractivity contribution is 5.94. The van der Waals surface area contributed by atoms with E-state index >= 15 is 0 Å². The van der Waals surface area contributed by atoms with E-state index in [0.717, 1.165) is 12.2 Å². The summed E-state index contributed by atoms with van der Waals surface area (Å²) in [5.41, 5.74) is 3.72. The Bertz CT molecular complexity index is 587. The number of benzene rings is 2. The van der Waals surface area contributed by atoms with Crippen LogP contribution in [0.15, 0.2) is 54.6 Å². The van der Waals surface area contributed by atoms with E-state index in [9.17, 15) is 4.79 Å². The summed E-state index contributed by atoms with van der Waals surface area (Å²) in [5, 5.41) is 0. The van der Waals surface area contributed by atoms with Gasteiger partial charge in [0.05, 0.1) is 6.54 Å². The SMILES string of the molecule is CN(CCOc1cccc(C(=O)NN)c1)c1ccccc1. The third-order valence-corrected chi connectivity index (χ3v) is 3.12. The quantitative estimate of drug-likeness (QED) is 0.482. The predicted molar refractivity (Wildman–Crippen MR) is 83.3 cm³/mol. The van der Waals surface area contributed by atoms with Gasteiger partial charge in [-0.05, 0) is 30.3 Å². The van der Waals surface area contributed by atoms with Crippen molar-refractivity contribution in [2.45, 2.75) is 0 Å². The number of amides is 1. The van der Waals surface area contributed by atoms with E-state index < -0.39 is 0 Å². The number of carbonyl (C=O) groups is 1. The first-order valence-electron chi connectivity index (χ1n) is 6.70. The van der Waals surface area contributed by atoms with Crippen LogP contribution in [0.2, 0.25) is 0 Å². The summed E-state index contributed by atoms with van der Waals surface area (Å²) in [6.45, 7) is 1.27. The van der Waals surface area contributed by atoms with Crippen LogP contribution in [0.5, 0.6) is 5.75 Å². The van der Waals surface area contributed by atoms with Crippen molar-refractivity contribution in [2.24, 2.45) is 5.84 Å². The highest BCUT2D eigenvalue weighted by atomic mass is 16.5. The molecule has 0 saturated heterocycles. The summed E-state index contributed by atoms with van der Waals surface area (Å²) in [4.78, 5) is 13.5. The van der Waals surface area contributed by atoms with Crippen LogP contribution < -0.4 is 20.9 Å². The van der Waals surface area contributed by atoms with Crippen molar-refractivity contribution in [2.75, 3.05) is 25.1 Å². The number of hydrazine groups is 1. The number of nitrogen functional groups attached to an aromatic ring is 1. The molecule has 0 spiro atoms. The number of hydrogen-bond acceptors (Lipinski definition) is 4. The first-order valence-corrected chi connectivity index (χ1v) is 6.70. The number of rotatable bonds is 6. The summed E-state index contributed by atoms with van der Waals surface area (Å²) < 4.78 is 5.67. The topological polar surface area (TPSA) is 67.6 Å². The Morgan fingerprint density at radius 1 is 1.19 bits per heavy atom. The summed E-state index contributed by atoms with van der Waals surface area (Å²) in [6, 6.07) is 17.0. The lowest BCUT2D eigenvalue weighted by Crippen LogP contribution is -2.30. The number of likely N-dealkylation sites (N-methyl/N-ethyl adjacent to an activating group) is 1.